The monoisotopic (exact) mass is 1870 g/mol. The Balaban J connectivity index is 0.000000122. The van der Waals surface area contributed by atoms with Crippen LogP contribution in [0.15, 0.2) is 510 Å². The summed E-state index contributed by atoms with van der Waals surface area (Å²) in [5.41, 5.74) is 18.1. The van der Waals surface area contributed by atoms with E-state index in [1.807, 2.05) is 157 Å². The van der Waals surface area contributed by atoms with Gasteiger partial charge in [0.15, 0.2) is 0 Å². The molecule has 145 heavy (non-hydrogen) atoms. The van der Waals surface area contributed by atoms with Gasteiger partial charge in [0.2, 0.25) is 0 Å². The zero-order chi connectivity index (χ0) is 110. The highest BCUT2D eigenvalue weighted by Crippen LogP contribution is 2.53. The van der Waals surface area contributed by atoms with Crippen LogP contribution in [0.3, 0.4) is 0 Å². The maximum Gasteiger partial charge on any atom is 0.148 e. The van der Waals surface area contributed by atoms with Gasteiger partial charge in [0.1, 0.15) is 11.6 Å². The van der Waals surface area contributed by atoms with E-state index in [2.05, 4.69) is 242 Å². The maximum atomic E-state index is 17.7. The van der Waals surface area contributed by atoms with Crippen LogP contribution in [0, 0.1) is 25.5 Å². The molecule has 25 aromatic carbocycles. The third-order valence-corrected chi connectivity index (χ3v) is 28.1. The van der Waals surface area contributed by atoms with Crippen molar-refractivity contribution in [3.05, 3.63) is 532 Å². The normalized spacial score (nSPS) is 13.0. The quantitative estimate of drug-likeness (QED) is 0.0710. The van der Waals surface area contributed by atoms with Gasteiger partial charge in [0.05, 0.1) is 48.5 Å². The first kappa shape index (κ1) is 71.5. The van der Waals surface area contributed by atoms with Crippen LogP contribution >= 0.6 is 0 Å². The van der Waals surface area contributed by atoms with Crippen LogP contribution in [-0.2, 0) is 0 Å². The third-order valence-electron chi connectivity index (χ3n) is 28.1. The van der Waals surface area contributed by atoms with Gasteiger partial charge in [-0.1, -0.05) is 345 Å². The van der Waals surface area contributed by atoms with Crippen molar-refractivity contribution < 1.29 is 29.3 Å². The average molecular weight is 1870 g/mol. The first-order valence-electron chi connectivity index (χ1n) is 55.5. The van der Waals surface area contributed by atoms with Crippen molar-refractivity contribution >= 4 is 181 Å². The molecule has 28 rings (SSSR count). The van der Waals surface area contributed by atoms with Gasteiger partial charge in [0, 0.05) is 102 Å². The predicted octanol–water partition coefficient (Wildman–Crippen LogP) is 38.4. The number of hydrogen-bond donors (Lipinski definition) is 0. The molecule has 0 aliphatic rings. The lowest BCUT2D eigenvalue weighted by Crippen LogP contribution is -2.13. The van der Waals surface area contributed by atoms with Crippen LogP contribution in [0.2, 0.25) is 0 Å². The smallest absolute Gasteiger partial charge is 0.148 e. The molecule has 3 heterocycles. The number of aryl methyl sites for hydroxylation is 2. The summed E-state index contributed by atoms with van der Waals surface area (Å²) in [6.07, 6.45) is 5.53. The van der Waals surface area contributed by atoms with Crippen molar-refractivity contribution in [2.24, 2.45) is 0 Å². The molecule has 0 saturated carbocycles. The summed E-state index contributed by atoms with van der Waals surface area (Å²) >= 11 is 0. The van der Waals surface area contributed by atoms with Crippen LogP contribution in [0.4, 0.5) is 60.0 Å². The Kier molecular flexibility index (Phi) is 18.0. The number of para-hydroxylation sites is 4. The second-order valence-corrected chi connectivity index (χ2v) is 36.4. The number of anilines is 9. The number of rotatable bonds is 16. The fourth-order valence-corrected chi connectivity index (χ4v) is 21.6. The van der Waals surface area contributed by atoms with E-state index in [9.17, 15) is 0 Å². The zero-order valence-electron chi connectivity index (χ0n) is 93.3. The molecule has 0 atom stereocenters. The number of halogens is 2. The van der Waals surface area contributed by atoms with Gasteiger partial charge in [-0.25, -0.2) is 8.78 Å². The molecule has 0 aliphatic heterocycles. The number of nitrogens with zero attached hydrogens (tertiary/aromatic N) is 6. The number of hydrogen-bond acceptors (Lipinski definition) is 6. The summed E-state index contributed by atoms with van der Waals surface area (Å²) in [7, 11) is 0. The Labute approximate surface area is 858 Å². The zero-order valence-corrected chi connectivity index (χ0v) is 78.3. The molecule has 28 aromatic rings. The van der Waals surface area contributed by atoms with Crippen LogP contribution in [-0.4, -0.2) is 15.0 Å². The van der Waals surface area contributed by atoms with Crippen LogP contribution in [0.5, 0.6) is 0 Å². The van der Waals surface area contributed by atoms with Gasteiger partial charge < -0.3 is 14.7 Å². The van der Waals surface area contributed by atoms with Gasteiger partial charge in [-0.3, -0.25) is 15.0 Å². The van der Waals surface area contributed by atoms with Gasteiger partial charge in [-0.05, 0) is 318 Å². The van der Waals surface area contributed by atoms with E-state index in [1.165, 1.54) is 98.0 Å². The summed E-state index contributed by atoms with van der Waals surface area (Å²) in [4.78, 5) is 19.6. The summed E-state index contributed by atoms with van der Waals surface area (Å²) in [6, 6.07) is 124. The van der Waals surface area contributed by atoms with E-state index in [4.69, 9.17) is 30.5 Å². The second kappa shape index (κ2) is 36.4. The van der Waals surface area contributed by atoms with Crippen LogP contribution < -0.4 is 14.7 Å². The SMILES string of the molecule is Cc1cc(N(c2ccccc2)c2ccccc2)c(C)cc1-c1ccc2ccc3cc4cccnc4c4ccc1c2c34.Fc1cc(-c2ccccc2)cc(-c2ccccc2)c1N(c1ccccc1)c1ccc(-c2ccc3ccc4cc5cccnc5c5ccc2c3c45)cc1.[2H]c1c([2H])c([2H])c(-c2cc(F)c(N(c3ccc(-c4ccc5ccc6cc7cccnc7c7ccc4c5c67)cc3)c3c([2H])c([2H])c([2H])c([2H])c3[2H])c(-c3c([2H])c([2H])c([2H])c([2H])c3[2H])c2)c([2H])c1[2H]. The molecule has 0 unspecified atom stereocenters. The molecule has 0 spiro atoms. The van der Waals surface area contributed by atoms with E-state index in [-0.39, 0.29) is 17.1 Å². The molecule has 0 aliphatic carbocycles. The minimum atomic E-state index is -1.25. The molecule has 8 heteroatoms. The molecule has 0 N–H and O–H groups in total. The van der Waals surface area contributed by atoms with E-state index < -0.39 is 125 Å². The summed E-state index contributed by atoms with van der Waals surface area (Å²) in [5, 5.41) is 24.3. The molecule has 0 fully saturated rings. The van der Waals surface area contributed by atoms with E-state index in [0.29, 0.717) is 11.3 Å². The lowest BCUT2D eigenvalue weighted by Gasteiger charge is -2.29. The summed E-state index contributed by atoms with van der Waals surface area (Å²) in [6.45, 7) is 4.47. The van der Waals surface area contributed by atoms with Crippen molar-refractivity contribution in [2.75, 3.05) is 14.7 Å². The number of aromatic nitrogens is 3. The Morgan fingerprint density at radius 3 is 0.959 bits per heavy atom. The van der Waals surface area contributed by atoms with E-state index in [0.717, 1.165) is 138 Å². The maximum absolute atomic E-state index is 17.7. The largest absolute Gasteiger partial charge is 0.310 e. The topological polar surface area (TPSA) is 48.4 Å². The van der Waals surface area contributed by atoms with E-state index >= 15 is 8.78 Å². The lowest BCUT2D eigenvalue weighted by molar-refractivity contribution is 0.629. The van der Waals surface area contributed by atoms with Gasteiger partial charge in [-0.15, -0.1) is 0 Å². The van der Waals surface area contributed by atoms with Gasteiger partial charge >= 0.3 is 0 Å². The first-order chi connectivity index (χ1) is 77.8. The Morgan fingerprint density at radius 1 is 0.200 bits per heavy atom. The number of benzene rings is 25. The minimum Gasteiger partial charge on any atom is -0.310 e. The van der Waals surface area contributed by atoms with Crippen LogP contribution in [0.1, 0.15) is 31.7 Å². The molecular formula is C137H90F2N6. The average Bonchev–Trinajstić information content (AvgIpc) is 0.724. The Hall–Kier alpha value is -18.9. The van der Waals surface area contributed by atoms with E-state index in [1.54, 1.807) is 36.5 Å². The van der Waals surface area contributed by atoms with Gasteiger partial charge in [-0.2, -0.15) is 0 Å². The molecule has 0 radical (unpaired) electrons. The molecule has 0 amide bonds. The standard InChI is InChI=1S/2C49H31FN2.C39H28N2/c2*50-45-31-38(32-11-4-1-5-12-32)30-44(33-13-6-2-7-14-33)49(45)52(39-16-8-3-9-17-39)40-23-20-34(21-24-40)41-25-22-35-18-19-36-29-37-15-10-28-51-48(37)43-27-26-42(41)46(35)47(36)43;1-25-23-36(41(30-11-5-3-6-12-30)31-13-7-4-8-14-31)26(2)22-35(25)32-18-17-27-15-16-28-24-29-10-9-21-40-39(29)34-20-19-33(32)37(27)38(28)34/h2*1-31H;3-24H,1-2H3/i1D,2D,3D,4D,5D,6D,7D,8D,9D,11D,12D,13D,14D,16D,17D;;. The summed E-state index contributed by atoms with van der Waals surface area (Å²) < 4.78 is 164. The predicted molar refractivity (Wildman–Crippen MR) is 608 cm³/mol. The molecule has 6 nitrogen and oxygen atoms in total. The molecule has 0 bridgehead atoms. The Morgan fingerprint density at radius 2 is 0.524 bits per heavy atom. The molecule has 3 aromatic heterocycles. The molecular weight excluding hydrogens is 1770 g/mol. The first-order valence-corrected chi connectivity index (χ1v) is 48.0. The number of pyridine rings is 3. The highest BCUT2D eigenvalue weighted by Gasteiger charge is 2.29. The fraction of sp³-hybridized carbons (Fsp3) is 0.0146. The fourth-order valence-electron chi connectivity index (χ4n) is 21.6. The highest BCUT2D eigenvalue weighted by molar-refractivity contribution is 6.33. The summed E-state index contributed by atoms with van der Waals surface area (Å²) in [5.74, 6) is -1.54. The van der Waals surface area contributed by atoms with Crippen molar-refractivity contribution in [2.45, 2.75) is 13.8 Å². The van der Waals surface area contributed by atoms with Crippen molar-refractivity contribution in [3.63, 3.8) is 0 Å². The third kappa shape index (κ3) is 15.4. The van der Waals surface area contributed by atoms with Crippen molar-refractivity contribution in [1.82, 2.24) is 15.0 Å². The number of fused-ring (bicyclic) bond motifs is 6. The Bertz CT molecular complexity index is 10700. The molecule has 682 valence electrons. The minimum absolute atomic E-state index is 0.0283. The highest BCUT2D eigenvalue weighted by atomic mass is 19.1. The molecule has 0 saturated heterocycles. The second-order valence-electron chi connectivity index (χ2n) is 36.4. The van der Waals surface area contributed by atoms with Crippen LogP contribution in [0.25, 0.3) is 208 Å². The lowest BCUT2D eigenvalue weighted by atomic mass is 9.87. The van der Waals surface area contributed by atoms with Crippen molar-refractivity contribution in [1.29, 1.82) is 0 Å². The van der Waals surface area contributed by atoms with Gasteiger partial charge in [0.25, 0.3) is 0 Å². The van der Waals surface area contributed by atoms with Crippen molar-refractivity contribution in [3.8, 4) is 77.9 Å².